The van der Waals surface area contributed by atoms with Crippen molar-refractivity contribution in [3.05, 3.63) is 35.9 Å². The zero-order valence-corrected chi connectivity index (χ0v) is 16.6. The number of hydrogen-bond donors (Lipinski definition) is 2. The molecule has 162 valence electrons. The molecular weight excluding hydrogens is 383 g/mol. The molecule has 1 saturated carbocycles. The number of ether oxygens (including phenoxy) is 1. The summed E-state index contributed by atoms with van der Waals surface area (Å²) < 4.78 is 41.9. The van der Waals surface area contributed by atoms with Gasteiger partial charge >= 0.3 is 12.2 Å². The summed E-state index contributed by atoms with van der Waals surface area (Å²) in [6.45, 7) is 1.55. The number of amides is 2. The highest BCUT2D eigenvalue weighted by atomic mass is 19.4. The zero-order valence-electron chi connectivity index (χ0n) is 16.6. The van der Waals surface area contributed by atoms with Crippen molar-refractivity contribution in [3.63, 3.8) is 0 Å². The summed E-state index contributed by atoms with van der Waals surface area (Å²) in [6.07, 6.45) is -0.413. The summed E-state index contributed by atoms with van der Waals surface area (Å²) in [6, 6.07) is 10.1. The van der Waals surface area contributed by atoms with Crippen molar-refractivity contribution < 1.29 is 22.7 Å². The first-order chi connectivity index (χ1) is 13.9. The van der Waals surface area contributed by atoms with Crippen LogP contribution >= 0.6 is 0 Å². The Bertz CT molecular complexity index is 634. The molecule has 29 heavy (non-hydrogen) atoms. The first-order valence-corrected chi connectivity index (χ1v) is 10.4. The number of likely N-dealkylation sites (tertiary alicyclic amines) is 1. The van der Waals surface area contributed by atoms with E-state index < -0.39 is 18.9 Å². The first kappa shape index (κ1) is 21.9. The van der Waals surface area contributed by atoms with Gasteiger partial charge in [0.25, 0.3) is 0 Å². The molecule has 1 aromatic rings. The van der Waals surface area contributed by atoms with E-state index in [9.17, 15) is 18.0 Å². The number of benzene rings is 1. The second-order valence-corrected chi connectivity index (χ2v) is 8.07. The molecule has 1 aliphatic heterocycles. The fourth-order valence-electron chi connectivity index (χ4n) is 4.13. The van der Waals surface area contributed by atoms with E-state index in [-0.39, 0.29) is 18.1 Å². The van der Waals surface area contributed by atoms with Gasteiger partial charge in [-0.3, -0.25) is 4.90 Å². The summed E-state index contributed by atoms with van der Waals surface area (Å²) in [5.74, 6) is 0. The first-order valence-electron chi connectivity index (χ1n) is 10.4. The lowest BCUT2D eigenvalue weighted by Gasteiger charge is -2.33. The van der Waals surface area contributed by atoms with Gasteiger partial charge in [-0.15, -0.1) is 0 Å². The fourth-order valence-corrected chi connectivity index (χ4v) is 4.13. The molecule has 2 fully saturated rings. The third kappa shape index (κ3) is 7.85. The van der Waals surface area contributed by atoms with E-state index in [0.29, 0.717) is 12.8 Å². The van der Waals surface area contributed by atoms with Gasteiger partial charge in [0.2, 0.25) is 0 Å². The number of alkyl halides is 3. The van der Waals surface area contributed by atoms with Gasteiger partial charge in [-0.1, -0.05) is 30.3 Å². The number of nitrogens with zero attached hydrogens (tertiary/aromatic N) is 1. The lowest BCUT2D eigenvalue weighted by molar-refractivity contribution is -0.188. The number of halogens is 3. The highest BCUT2D eigenvalue weighted by Gasteiger charge is 2.31. The van der Waals surface area contributed by atoms with Crippen LogP contribution in [0.1, 0.15) is 44.1 Å². The van der Waals surface area contributed by atoms with E-state index in [0.717, 1.165) is 45.3 Å². The zero-order chi connectivity index (χ0) is 20.7. The summed E-state index contributed by atoms with van der Waals surface area (Å²) in [4.78, 5) is 14.7. The van der Waals surface area contributed by atoms with Crippen LogP contribution in [0.4, 0.5) is 18.0 Å². The minimum absolute atomic E-state index is 0.128. The average molecular weight is 413 g/mol. The number of hydrogen-bond acceptors (Lipinski definition) is 3. The lowest BCUT2D eigenvalue weighted by Crippen LogP contribution is -2.51. The van der Waals surface area contributed by atoms with Crippen molar-refractivity contribution in [1.82, 2.24) is 15.5 Å². The van der Waals surface area contributed by atoms with Gasteiger partial charge in [0.1, 0.15) is 6.61 Å². The predicted molar refractivity (Wildman–Crippen MR) is 104 cm³/mol. The fraction of sp³-hybridized carbons (Fsp3) is 0.667. The number of carbonyl (C=O) groups excluding carboxylic acids is 1. The number of nitrogens with one attached hydrogen (secondary N) is 2. The quantitative estimate of drug-likeness (QED) is 0.745. The second kappa shape index (κ2) is 10.3. The molecule has 2 amide bonds. The molecule has 3 rings (SSSR count). The lowest BCUT2D eigenvalue weighted by atomic mass is 9.93. The molecule has 0 spiro atoms. The molecule has 8 heteroatoms. The normalized spacial score (nSPS) is 24.2. The minimum atomic E-state index is -4.31. The Kier molecular flexibility index (Phi) is 7.77. The van der Waals surface area contributed by atoms with Gasteiger partial charge in [0.05, 0.1) is 6.10 Å². The van der Waals surface area contributed by atoms with Crippen molar-refractivity contribution in [2.75, 3.05) is 19.7 Å². The third-order valence-electron chi connectivity index (χ3n) is 5.62. The predicted octanol–water partition coefficient (Wildman–Crippen LogP) is 3.84. The monoisotopic (exact) mass is 413 g/mol. The maximum atomic E-state index is 12.3. The SMILES string of the molecule is O=C(NC1CCN(Cc2ccccc2)CC1)NC1CCCC(OCC(F)(F)F)C1. The maximum Gasteiger partial charge on any atom is 0.411 e. The van der Waals surface area contributed by atoms with Crippen LogP contribution in [-0.4, -0.2) is 55.0 Å². The van der Waals surface area contributed by atoms with Crippen molar-refractivity contribution in [1.29, 1.82) is 0 Å². The van der Waals surface area contributed by atoms with Crippen LogP contribution in [-0.2, 0) is 11.3 Å². The molecular formula is C21H30F3N3O2. The van der Waals surface area contributed by atoms with Gasteiger partial charge in [-0.2, -0.15) is 13.2 Å². The van der Waals surface area contributed by atoms with E-state index >= 15 is 0 Å². The Balaban J connectivity index is 1.34. The molecule has 2 aliphatic rings. The summed E-state index contributed by atoms with van der Waals surface area (Å²) in [7, 11) is 0. The molecule has 2 atom stereocenters. The third-order valence-corrected chi connectivity index (χ3v) is 5.62. The second-order valence-electron chi connectivity index (χ2n) is 8.07. The molecule has 0 bridgehead atoms. The molecule has 1 aromatic carbocycles. The van der Waals surface area contributed by atoms with Crippen molar-refractivity contribution in [2.24, 2.45) is 0 Å². The highest BCUT2D eigenvalue weighted by Crippen LogP contribution is 2.24. The molecule has 2 unspecified atom stereocenters. The number of rotatable bonds is 6. The van der Waals surface area contributed by atoms with E-state index in [2.05, 4.69) is 27.7 Å². The summed E-state index contributed by atoms with van der Waals surface area (Å²) in [5.41, 5.74) is 1.29. The molecule has 1 heterocycles. The van der Waals surface area contributed by atoms with Crippen LogP contribution < -0.4 is 10.6 Å². The van der Waals surface area contributed by atoms with Crippen molar-refractivity contribution in [2.45, 2.75) is 69.4 Å². The van der Waals surface area contributed by atoms with Crippen LogP contribution in [0, 0.1) is 0 Å². The Labute approximate surface area is 170 Å². The van der Waals surface area contributed by atoms with Crippen LogP contribution in [0.2, 0.25) is 0 Å². The Hall–Kier alpha value is -1.80. The Morgan fingerprint density at radius 2 is 1.72 bits per heavy atom. The number of carbonyl (C=O) groups is 1. The van der Waals surface area contributed by atoms with E-state index in [1.165, 1.54) is 5.56 Å². The topological polar surface area (TPSA) is 53.6 Å². The van der Waals surface area contributed by atoms with Gasteiger partial charge in [0.15, 0.2) is 0 Å². The molecule has 2 N–H and O–H groups in total. The largest absolute Gasteiger partial charge is 0.411 e. The number of urea groups is 1. The standard InChI is InChI=1S/C21H30F3N3O2/c22-21(23,24)15-29-19-8-4-7-18(13-19)26-20(28)25-17-9-11-27(12-10-17)14-16-5-2-1-3-6-16/h1-3,5-6,17-19H,4,7-15H2,(H2,25,26,28). The molecule has 1 aliphatic carbocycles. The van der Waals surface area contributed by atoms with Gasteiger partial charge in [0, 0.05) is 31.7 Å². The summed E-state index contributed by atoms with van der Waals surface area (Å²) in [5, 5.41) is 5.94. The van der Waals surface area contributed by atoms with E-state index in [1.54, 1.807) is 0 Å². The molecule has 5 nitrogen and oxygen atoms in total. The van der Waals surface area contributed by atoms with E-state index in [1.807, 2.05) is 18.2 Å². The minimum Gasteiger partial charge on any atom is -0.369 e. The van der Waals surface area contributed by atoms with Crippen LogP contribution in [0.3, 0.4) is 0 Å². The maximum absolute atomic E-state index is 12.3. The Morgan fingerprint density at radius 3 is 2.41 bits per heavy atom. The van der Waals surface area contributed by atoms with Gasteiger partial charge < -0.3 is 15.4 Å². The van der Waals surface area contributed by atoms with Crippen molar-refractivity contribution >= 4 is 6.03 Å². The molecule has 1 saturated heterocycles. The average Bonchev–Trinajstić information content (AvgIpc) is 2.68. The van der Waals surface area contributed by atoms with Gasteiger partial charge in [-0.25, -0.2) is 4.79 Å². The molecule has 0 radical (unpaired) electrons. The van der Waals surface area contributed by atoms with Gasteiger partial charge in [-0.05, 0) is 44.1 Å². The smallest absolute Gasteiger partial charge is 0.369 e. The van der Waals surface area contributed by atoms with E-state index in [4.69, 9.17) is 4.74 Å². The van der Waals surface area contributed by atoms with Crippen LogP contribution in [0.15, 0.2) is 30.3 Å². The highest BCUT2D eigenvalue weighted by molar-refractivity contribution is 5.74. The van der Waals surface area contributed by atoms with Crippen molar-refractivity contribution in [3.8, 4) is 0 Å². The van der Waals surface area contributed by atoms with Crippen LogP contribution in [0.5, 0.6) is 0 Å². The summed E-state index contributed by atoms with van der Waals surface area (Å²) >= 11 is 0. The Morgan fingerprint density at radius 1 is 1.03 bits per heavy atom. The molecule has 0 aromatic heterocycles. The number of piperidine rings is 1. The van der Waals surface area contributed by atoms with Crippen LogP contribution in [0.25, 0.3) is 0 Å².